The molecule has 9 heteroatoms. The summed E-state index contributed by atoms with van der Waals surface area (Å²) in [6.45, 7) is 19.1. The maximum Gasteiger partial charge on any atom is 0.335 e. The summed E-state index contributed by atoms with van der Waals surface area (Å²) < 4.78 is 35.0. The van der Waals surface area contributed by atoms with Crippen LogP contribution in [0, 0.1) is 5.92 Å². The van der Waals surface area contributed by atoms with Crippen molar-refractivity contribution in [3.05, 3.63) is 35.9 Å². The molecule has 2 heterocycles. The van der Waals surface area contributed by atoms with Crippen molar-refractivity contribution in [2.24, 2.45) is 10.9 Å². The number of hydrogen-bond donors (Lipinski definition) is 0. The average molecular weight is 549 g/mol. The molecule has 208 valence electrons. The van der Waals surface area contributed by atoms with Crippen LogP contribution in [-0.4, -0.2) is 73.1 Å². The topological polar surface area (TPSA) is 61.8 Å². The first-order chi connectivity index (χ1) is 17.4. The molecule has 0 unspecified atom stereocenters. The van der Waals surface area contributed by atoms with Gasteiger partial charge in [0.25, 0.3) is 6.02 Å². The van der Waals surface area contributed by atoms with Crippen molar-refractivity contribution < 1.29 is 22.4 Å². The summed E-state index contributed by atoms with van der Waals surface area (Å²) in [5.41, 5.74) is 2.26. The molecule has 1 saturated heterocycles. The van der Waals surface area contributed by atoms with Gasteiger partial charge < -0.3 is 27.3 Å². The number of hydrogen-bond acceptors (Lipinski definition) is 7. The molecular formula is C28H48N2O5Si2. The maximum absolute atomic E-state index is 7.41. The van der Waals surface area contributed by atoms with Gasteiger partial charge >= 0.3 is 17.1 Å². The molecule has 0 amide bonds. The Morgan fingerprint density at radius 2 is 1.49 bits per heavy atom. The van der Waals surface area contributed by atoms with E-state index in [1.54, 1.807) is 0 Å². The van der Waals surface area contributed by atoms with E-state index >= 15 is 0 Å². The van der Waals surface area contributed by atoms with Gasteiger partial charge in [-0.05, 0) is 27.7 Å². The molecule has 37 heavy (non-hydrogen) atoms. The van der Waals surface area contributed by atoms with E-state index in [2.05, 4.69) is 67.5 Å². The molecule has 7 nitrogen and oxygen atoms in total. The Morgan fingerprint density at radius 1 is 0.892 bits per heavy atom. The van der Waals surface area contributed by atoms with Gasteiger partial charge in [-0.15, -0.1) is 0 Å². The quantitative estimate of drug-likeness (QED) is 0.399. The van der Waals surface area contributed by atoms with Gasteiger partial charge in [-0.2, -0.15) is 0 Å². The SMILES string of the molecule is CC(C)[Si]1(C(C)C)OC[C@@H]2[C@@H](O[Si](C(C)C)(C(C)C)O1)[C@H](OCc1ccccc1)[C@H]1N=C(N(C)C)O[C@@H]21. The molecule has 2 fully saturated rings. The van der Waals surface area contributed by atoms with Crippen LogP contribution in [0.4, 0.5) is 0 Å². The summed E-state index contributed by atoms with van der Waals surface area (Å²) in [6.07, 6.45) is -0.580. The number of fused-ring (bicyclic) bond motifs is 3. The van der Waals surface area contributed by atoms with Crippen LogP contribution < -0.4 is 0 Å². The lowest BCUT2D eigenvalue weighted by Crippen LogP contribution is -2.65. The summed E-state index contributed by atoms with van der Waals surface area (Å²) in [6, 6.07) is 10.8. The summed E-state index contributed by atoms with van der Waals surface area (Å²) in [4.78, 5) is 6.96. The van der Waals surface area contributed by atoms with Gasteiger partial charge in [0.2, 0.25) is 0 Å². The Kier molecular flexibility index (Phi) is 8.63. The van der Waals surface area contributed by atoms with E-state index in [9.17, 15) is 0 Å². The van der Waals surface area contributed by atoms with Gasteiger partial charge in [0, 0.05) is 26.6 Å². The Hall–Kier alpha value is -1.24. The highest BCUT2D eigenvalue weighted by molar-refractivity contribution is 6.83. The third-order valence-electron chi connectivity index (χ3n) is 8.37. The summed E-state index contributed by atoms with van der Waals surface area (Å²) in [5.74, 6) is 0.0182. The summed E-state index contributed by atoms with van der Waals surface area (Å²) >= 11 is 0. The molecule has 1 aromatic rings. The maximum atomic E-state index is 7.41. The fraction of sp³-hybridized carbons (Fsp3) is 0.750. The molecule has 5 atom stereocenters. The minimum Gasteiger partial charge on any atom is -0.459 e. The van der Waals surface area contributed by atoms with Gasteiger partial charge in [0.05, 0.1) is 12.7 Å². The van der Waals surface area contributed by atoms with Crippen molar-refractivity contribution >= 4 is 23.1 Å². The molecule has 1 saturated carbocycles. The van der Waals surface area contributed by atoms with Crippen molar-refractivity contribution in [2.75, 3.05) is 20.7 Å². The molecule has 0 aromatic heterocycles. The second-order valence-electron chi connectivity index (χ2n) is 12.4. The first-order valence-electron chi connectivity index (χ1n) is 14.0. The Labute approximate surface area is 226 Å². The van der Waals surface area contributed by atoms with Crippen molar-refractivity contribution in [3.8, 4) is 0 Å². The molecule has 1 aromatic carbocycles. The number of ether oxygens (including phenoxy) is 2. The lowest BCUT2D eigenvalue weighted by atomic mass is 10.0. The third kappa shape index (κ3) is 5.19. The highest BCUT2D eigenvalue weighted by Gasteiger charge is 2.65. The lowest BCUT2D eigenvalue weighted by molar-refractivity contribution is -0.0640. The van der Waals surface area contributed by atoms with E-state index in [4.69, 9.17) is 27.4 Å². The first kappa shape index (κ1) is 28.8. The molecular weight excluding hydrogens is 500 g/mol. The minimum absolute atomic E-state index is 0.0182. The van der Waals surface area contributed by atoms with Crippen LogP contribution >= 0.6 is 0 Å². The van der Waals surface area contributed by atoms with Crippen molar-refractivity contribution in [1.29, 1.82) is 0 Å². The van der Waals surface area contributed by atoms with Gasteiger partial charge in [-0.3, -0.25) is 0 Å². The highest BCUT2D eigenvalue weighted by atomic mass is 28.5. The number of amidine groups is 1. The molecule has 2 aliphatic heterocycles. The number of rotatable bonds is 7. The zero-order valence-electron chi connectivity index (χ0n) is 24.4. The van der Waals surface area contributed by atoms with E-state index in [1.165, 1.54) is 0 Å². The third-order valence-corrected chi connectivity index (χ3v) is 18.6. The van der Waals surface area contributed by atoms with E-state index < -0.39 is 17.1 Å². The van der Waals surface area contributed by atoms with Gasteiger partial charge in [0.1, 0.15) is 18.2 Å². The molecule has 0 N–H and O–H groups in total. The largest absolute Gasteiger partial charge is 0.459 e. The van der Waals surface area contributed by atoms with E-state index in [-0.39, 0.29) is 41.4 Å². The number of benzene rings is 1. The fourth-order valence-electron chi connectivity index (χ4n) is 6.33. The standard InChI is InChI=1S/C28H48N2O5Si2/c1-18(2)36(19(3)4)32-17-23-25-24(29-28(33-25)30(9)10)27(31-16-22-14-12-11-13-15-22)26(23)34-37(35-36,20(5)6)21(7)8/h11-15,18-21,23-27H,16-17H2,1-10H3/t23-,24-,25-,26+,27+/m0/s1. The van der Waals surface area contributed by atoms with Crippen molar-refractivity contribution in [2.45, 2.75) is 109 Å². The molecule has 1 aliphatic carbocycles. The summed E-state index contributed by atoms with van der Waals surface area (Å²) in [7, 11) is -1.44. The second kappa shape index (κ2) is 11.1. The van der Waals surface area contributed by atoms with Crippen LogP contribution in [0.25, 0.3) is 0 Å². The average Bonchev–Trinajstić information content (AvgIpc) is 3.35. The smallest absolute Gasteiger partial charge is 0.335 e. The van der Waals surface area contributed by atoms with Crippen LogP contribution in [-0.2, 0) is 29.0 Å². The van der Waals surface area contributed by atoms with Gasteiger partial charge in [-0.25, -0.2) is 4.99 Å². The van der Waals surface area contributed by atoms with Gasteiger partial charge in [0.15, 0.2) is 0 Å². The number of nitrogens with zero attached hydrogens (tertiary/aromatic N) is 2. The zero-order chi connectivity index (χ0) is 27.1. The molecule has 4 rings (SSSR count). The Morgan fingerprint density at radius 3 is 2.03 bits per heavy atom. The zero-order valence-corrected chi connectivity index (χ0v) is 26.4. The van der Waals surface area contributed by atoms with Crippen LogP contribution in [0.5, 0.6) is 0 Å². The number of aliphatic imine (C=N–C) groups is 1. The lowest BCUT2D eigenvalue weighted by Gasteiger charge is -2.52. The predicted octanol–water partition coefficient (Wildman–Crippen LogP) is 5.84. The van der Waals surface area contributed by atoms with E-state index in [0.29, 0.717) is 30.3 Å². The molecule has 0 spiro atoms. The normalized spacial score (nSPS) is 30.6. The van der Waals surface area contributed by atoms with E-state index in [1.807, 2.05) is 37.2 Å². The summed E-state index contributed by atoms with van der Waals surface area (Å²) in [5, 5.41) is 0. The molecule has 0 radical (unpaired) electrons. The fourth-order valence-corrected chi connectivity index (χ4v) is 17.6. The first-order valence-corrected chi connectivity index (χ1v) is 18.0. The highest BCUT2D eigenvalue weighted by Crippen LogP contribution is 2.50. The van der Waals surface area contributed by atoms with Crippen molar-refractivity contribution in [3.63, 3.8) is 0 Å². The van der Waals surface area contributed by atoms with Crippen molar-refractivity contribution in [1.82, 2.24) is 4.90 Å². The Balaban J connectivity index is 1.77. The molecule has 3 aliphatic rings. The van der Waals surface area contributed by atoms with Crippen LogP contribution in [0.3, 0.4) is 0 Å². The Bertz CT molecular complexity index is 924. The second-order valence-corrected chi connectivity index (χ2v) is 21.2. The molecule has 0 bridgehead atoms. The van der Waals surface area contributed by atoms with Gasteiger partial charge in [-0.1, -0.05) is 85.7 Å². The van der Waals surface area contributed by atoms with Crippen LogP contribution in [0.1, 0.15) is 61.0 Å². The predicted molar refractivity (Wildman–Crippen MR) is 152 cm³/mol. The van der Waals surface area contributed by atoms with Crippen LogP contribution in [0.2, 0.25) is 22.2 Å². The minimum atomic E-state index is -2.76. The van der Waals surface area contributed by atoms with Crippen LogP contribution in [0.15, 0.2) is 35.3 Å². The monoisotopic (exact) mass is 548 g/mol. The van der Waals surface area contributed by atoms with E-state index in [0.717, 1.165) is 5.56 Å².